The first-order valence-corrected chi connectivity index (χ1v) is 13.6. The first kappa shape index (κ1) is 32.6. The maximum atomic E-state index is 12.7. The van der Waals surface area contributed by atoms with E-state index in [9.17, 15) is 14.4 Å². The number of hydrogen-bond donors (Lipinski definition) is 3. The van der Waals surface area contributed by atoms with Crippen molar-refractivity contribution in [3.8, 4) is 5.75 Å². The van der Waals surface area contributed by atoms with E-state index in [1.807, 2.05) is 63.2 Å². The Morgan fingerprint density at radius 3 is 2.26 bits per heavy atom. The van der Waals surface area contributed by atoms with Crippen molar-refractivity contribution in [1.29, 1.82) is 0 Å². The molecular formula is C30H46N4O4. The van der Waals surface area contributed by atoms with Gasteiger partial charge < -0.3 is 25.6 Å². The monoisotopic (exact) mass is 526 g/mol. The average Bonchev–Trinajstić information content (AvgIpc) is 2.93. The van der Waals surface area contributed by atoms with Crippen LogP contribution >= 0.6 is 0 Å². The van der Waals surface area contributed by atoms with Crippen LogP contribution in [0.2, 0.25) is 0 Å². The van der Waals surface area contributed by atoms with Crippen molar-refractivity contribution in [2.45, 2.75) is 59.4 Å². The highest BCUT2D eigenvalue weighted by Gasteiger charge is 2.22. The number of likely N-dealkylation sites (N-methyl/N-ethyl adjacent to an activating group) is 1. The zero-order chi connectivity index (χ0) is 28.2. The maximum Gasteiger partial charge on any atom is 0.240 e. The molecule has 1 aliphatic heterocycles. The van der Waals surface area contributed by atoms with Gasteiger partial charge in [0.2, 0.25) is 17.7 Å². The Labute approximate surface area is 228 Å². The predicted octanol–water partition coefficient (Wildman–Crippen LogP) is 3.48. The molecule has 8 heteroatoms. The van der Waals surface area contributed by atoms with Gasteiger partial charge in [-0.15, -0.1) is 0 Å². The SMILES string of the molecule is CC.CCCC1NCCOc2ccccc2CCCNC(=O)CNC(=O)CN(C)C1=O.Cc1ccccc1. The van der Waals surface area contributed by atoms with Crippen molar-refractivity contribution in [3.63, 3.8) is 0 Å². The molecule has 2 aromatic carbocycles. The van der Waals surface area contributed by atoms with Gasteiger partial charge in [0.25, 0.3) is 0 Å². The predicted molar refractivity (Wildman–Crippen MR) is 153 cm³/mol. The Balaban J connectivity index is 0.000000682. The number of benzene rings is 2. The van der Waals surface area contributed by atoms with E-state index in [1.165, 1.54) is 10.5 Å². The van der Waals surface area contributed by atoms with Crippen LogP contribution in [-0.4, -0.2) is 68.5 Å². The van der Waals surface area contributed by atoms with E-state index < -0.39 is 0 Å². The van der Waals surface area contributed by atoms with Crippen LogP contribution in [0.5, 0.6) is 5.75 Å². The summed E-state index contributed by atoms with van der Waals surface area (Å²) in [5.41, 5.74) is 2.40. The molecule has 1 atom stereocenters. The fraction of sp³-hybridized carbons (Fsp3) is 0.500. The molecule has 1 heterocycles. The Morgan fingerprint density at radius 2 is 1.61 bits per heavy atom. The van der Waals surface area contributed by atoms with Crippen LogP contribution < -0.4 is 20.7 Å². The van der Waals surface area contributed by atoms with Crippen LogP contribution in [0.25, 0.3) is 0 Å². The van der Waals surface area contributed by atoms with Gasteiger partial charge >= 0.3 is 0 Å². The fourth-order valence-electron chi connectivity index (χ4n) is 3.74. The number of nitrogens with one attached hydrogen (secondary N) is 3. The van der Waals surface area contributed by atoms with E-state index in [1.54, 1.807) is 7.05 Å². The number of carbonyl (C=O) groups excluding carboxylic acids is 3. The number of nitrogens with zero attached hydrogens (tertiary/aromatic N) is 1. The summed E-state index contributed by atoms with van der Waals surface area (Å²) < 4.78 is 5.92. The highest BCUT2D eigenvalue weighted by atomic mass is 16.5. The number of carbonyl (C=O) groups is 3. The smallest absolute Gasteiger partial charge is 0.240 e. The quantitative estimate of drug-likeness (QED) is 0.556. The molecule has 210 valence electrons. The van der Waals surface area contributed by atoms with E-state index in [2.05, 4.69) is 35.0 Å². The topological polar surface area (TPSA) is 99.8 Å². The third-order valence-corrected chi connectivity index (χ3v) is 5.69. The number of para-hydroxylation sites is 1. The molecule has 0 saturated heterocycles. The van der Waals surface area contributed by atoms with Crippen molar-refractivity contribution >= 4 is 17.7 Å². The molecule has 0 bridgehead atoms. The molecule has 2 aromatic rings. The molecule has 0 aromatic heterocycles. The standard InChI is InChI=1S/C21H32N4O4.C7H8.C2H6/c1-3-7-17-21(28)25(2)15-20(27)24-14-19(26)23-11-6-9-16-8-4-5-10-18(16)29-13-12-22-17;1-7-5-3-2-4-6-7;1-2/h4-5,8,10,17,22H,3,6-7,9,11-15H2,1-2H3,(H,23,26)(H,24,27);2-6H,1H3;1-2H3. The zero-order valence-electron chi connectivity index (χ0n) is 23.7. The molecule has 0 saturated carbocycles. The van der Waals surface area contributed by atoms with Crippen molar-refractivity contribution in [2.75, 3.05) is 39.8 Å². The Bertz CT molecular complexity index is 952. The summed E-state index contributed by atoms with van der Waals surface area (Å²) >= 11 is 0. The maximum absolute atomic E-state index is 12.7. The zero-order valence-corrected chi connectivity index (χ0v) is 23.7. The number of ether oxygens (including phenoxy) is 1. The first-order valence-electron chi connectivity index (χ1n) is 13.6. The van der Waals surface area contributed by atoms with Crippen molar-refractivity contribution in [1.82, 2.24) is 20.9 Å². The molecule has 0 fully saturated rings. The summed E-state index contributed by atoms with van der Waals surface area (Å²) in [5.74, 6) is 0.0746. The van der Waals surface area contributed by atoms with E-state index in [-0.39, 0.29) is 36.9 Å². The van der Waals surface area contributed by atoms with Gasteiger partial charge in [-0.3, -0.25) is 14.4 Å². The van der Waals surface area contributed by atoms with Crippen LogP contribution in [0.4, 0.5) is 0 Å². The average molecular weight is 527 g/mol. The highest BCUT2D eigenvalue weighted by Crippen LogP contribution is 2.19. The molecule has 38 heavy (non-hydrogen) atoms. The normalized spacial score (nSPS) is 17.4. The van der Waals surface area contributed by atoms with Crippen molar-refractivity contribution in [3.05, 3.63) is 65.7 Å². The summed E-state index contributed by atoms with van der Waals surface area (Å²) in [6.07, 6.45) is 3.06. The third-order valence-electron chi connectivity index (χ3n) is 5.69. The summed E-state index contributed by atoms with van der Waals surface area (Å²) in [6.45, 7) is 9.39. The summed E-state index contributed by atoms with van der Waals surface area (Å²) in [7, 11) is 1.59. The van der Waals surface area contributed by atoms with Gasteiger partial charge in [-0.2, -0.15) is 0 Å². The Morgan fingerprint density at radius 1 is 0.921 bits per heavy atom. The Hall–Kier alpha value is -3.39. The summed E-state index contributed by atoms with van der Waals surface area (Å²) in [6, 6.07) is 17.7. The lowest BCUT2D eigenvalue weighted by atomic mass is 10.1. The summed E-state index contributed by atoms with van der Waals surface area (Å²) in [4.78, 5) is 38.1. The molecule has 3 N–H and O–H groups in total. The minimum Gasteiger partial charge on any atom is -0.492 e. The van der Waals surface area contributed by atoms with E-state index >= 15 is 0 Å². The number of aryl methyl sites for hydroxylation is 2. The first-order chi connectivity index (χ1) is 18.4. The Kier molecular flexibility index (Phi) is 16.9. The van der Waals surface area contributed by atoms with Crippen LogP contribution in [0.1, 0.15) is 51.2 Å². The van der Waals surface area contributed by atoms with Crippen LogP contribution in [0.15, 0.2) is 54.6 Å². The molecule has 1 aliphatic rings. The van der Waals surface area contributed by atoms with Gasteiger partial charge in [-0.05, 0) is 37.8 Å². The van der Waals surface area contributed by atoms with Gasteiger partial charge in [-0.1, -0.05) is 81.3 Å². The molecular weight excluding hydrogens is 480 g/mol. The lowest BCUT2D eigenvalue weighted by molar-refractivity contribution is -0.136. The largest absolute Gasteiger partial charge is 0.492 e. The highest BCUT2D eigenvalue weighted by molar-refractivity contribution is 5.89. The summed E-state index contributed by atoms with van der Waals surface area (Å²) in [5, 5.41) is 8.61. The molecule has 8 nitrogen and oxygen atoms in total. The molecule has 1 unspecified atom stereocenters. The van der Waals surface area contributed by atoms with Crippen LogP contribution in [0.3, 0.4) is 0 Å². The van der Waals surface area contributed by atoms with Crippen LogP contribution in [0, 0.1) is 6.92 Å². The second kappa shape index (κ2) is 19.7. The van der Waals surface area contributed by atoms with E-state index in [0.717, 1.165) is 30.6 Å². The minimum atomic E-state index is -0.376. The molecule has 3 rings (SSSR count). The minimum absolute atomic E-state index is 0.0854. The van der Waals surface area contributed by atoms with Crippen LogP contribution in [-0.2, 0) is 20.8 Å². The van der Waals surface area contributed by atoms with Crippen molar-refractivity contribution in [2.24, 2.45) is 0 Å². The lowest BCUT2D eigenvalue weighted by Crippen LogP contribution is -2.49. The molecule has 3 amide bonds. The van der Waals surface area contributed by atoms with Gasteiger partial charge in [-0.25, -0.2) is 0 Å². The fourth-order valence-corrected chi connectivity index (χ4v) is 3.74. The number of hydrogen-bond acceptors (Lipinski definition) is 5. The lowest BCUT2D eigenvalue weighted by Gasteiger charge is -2.24. The number of fused-ring (bicyclic) bond motifs is 1. The number of amides is 3. The van der Waals surface area contributed by atoms with Gasteiger partial charge in [0, 0.05) is 20.1 Å². The van der Waals surface area contributed by atoms with Crippen molar-refractivity contribution < 1.29 is 19.1 Å². The molecule has 0 aliphatic carbocycles. The van der Waals surface area contributed by atoms with E-state index in [0.29, 0.717) is 26.1 Å². The van der Waals surface area contributed by atoms with Gasteiger partial charge in [0.15, 0.2) is 0 Å². The molecule has 0 spiro atoms. The van der Waals surface area contributed by atoms with E-state index in [4.69, 9.17) is 4.74 Å². The van der Waals surface area contributed by atoms with Gasteiger partial charge in [0.1, 0.15) is 12.4 Å². The molecule has 0 radical (unpaired) electrons. The second-order valence-corrected chi connectivity index (χ2v) is 8.83. The third kappa shape index (κ3) is 13.2. The number of rotatable bonds is 2. The second-order valence-electron chi connectivity index (χ2n) is 8.83. The van der Waals surface area contributed by atoms with Gasteiger partial charge in [0.05, 0.1) is 19.1 Å².